The molecule has 5 heteroatoms. The lowest BCUT2D eigenvalue weighted by Crippen LogP contribution is -2.19. The molecular formula is C14H28O5. The number of carboxylic acids is 1. The van der Waals surface area contributed by atoms with Crippen molar-refractivity contribution in [1.82, 2.24) is 0 Å². The molecular weight excluding hydrogens is 248 g/mol. The zero-order valence-electron chi connectivity index (χ0n) is 11.7. The fourth-order valence-corrected chi connectivity index (χ4v) is 1.81. The van der Waals surface area contributed by atoms with Crippen molar-refractivity contribution in [3.63, 3.8) is 0 Å². The van der Waals surface area contributed by atoms with Crippen LogP contribution in [-0.2, 0) is 9.53 Å². The van der Waals surface area contributed by atoms with Gasteiger partial charge in [0.1, 0.15) is 6.10 Å². The number of aliphatic carboxylic acids is 1. The van der Waals surface area contributed by atoms with Crippen molar-refractivity contribution in [2.45, 2.75) is 63.9 Å². The maximum Gasteiger partial charge on any atom is 0.303 e. The number of aliphatic hydroxyl groups is 2. The van der Waals surface area contributed by atoms with E-state index >= 15 is 0 Å². The van der Waals surface area contributed by atoms with Gasteiger partial charge in [0.2, 0.25) is 0 Å². The van der Waals surface area contributed by atoms with Crippen LogP contribution in [0.5, 0.6) is 0 Å². The van der Waals surface area contributed by atoms with Crippen molar-refractivity contribution in [2.75, 3.05) is 19.8 Å². The molecule has 0 radical (unpaired) electrons. The van der Waals surface area contributed by atoms with Crippen LogP contribution in [0.25, 0.3) is 0 Å². The van der Waals surface area contributed by atoms with Crippen LogP contribution in [0.2, 0.25) is 0 Å². The van der Waals surface area contributed by atoms with E-state index in [0.717, 1.165) is 32.1 Å². The van der Waals surface area contributed by atoms with Gasteiger partial charge in [0.25, 0.3) is 0 Å². The second kappa shape index (κ2) is 13.8. The van der Waals surface area contributed by atoms with Crippen LogP contribution in [0.1, 0.15) is 57.8 Å². The molecule has 1 atom stereocenters. The monoisotopic (exact) mass is 276 g/mol. The van der Waals surface area contributed by atoms with Crippen LogP contribution in [0, 0.1) is 0 Å². The van der Waals surface area contributed by atoms with Gasteiger partial charge in [-0.3, -0.25) is 4.79 Å². The van der Waals surface area contributed by atoms with Gasteiger partial charge in [-0.05, 0) is 12.8 Å². The number of unbranched alkanes of at least 4 members (excludes halogenated alkanes) is 7. The third kappa shape index (κ3) is 15.3. The second-order valence-electron chi connectivity index (χ2n) is 4.88. The molecule has 0 bridgehead atoms. The Hall–Kier alpha value is -0.650. The zero-order chi connectivity index (χ0) is 14.3. The number of rotatable bonds is 14. The Morgan fingerprint density at radius 1 is 0.947 bits per heavy atom. The Kier molecular flexibility index (Phi) is 13.3. The average molecular weight is 276 g/mol. The average Bonchev–Trinajstić information content (AvgIpc) is 2.39. The summed E-state index contributed by atoms with van der Waals surface area (Å²) in [7, 11) is 0. The maximum absolute atomic E-state index is 10.3. The first-order valence-corrected chi connectivity index (χ1v) is 7.25. The lowest BCUT2D eigenvalue weighted by Gasteiger charge is -2.07. The minimum atomic E-state index is -0.759. The van der Waals surface area contributed by atoms with Gasteiger partial charge < -0.3 is 20.1 Å². The maximum atomic E-state index is 10.3. The standard InChI is InChI=1S/C14H28O5/c15-11-13(16)12-19-10-8-6-4-2-1-3-5-7-9-14(17)18/h13,15-16H,1-12H2,(H,17,18)/t13-/m1/s1. The molecule has 5 nitrogen and oxygen atoms in total. The third-order valence-corrected chi connectivity index (χ3v) is 2.95. The quantitative estimate of drug-likeness (QED) is 0.422. The molecule has 0 heterocycles. The fraction of sp³-hybridized carbons (Fsp3) is 0.929. The molecule has 114 valence electrons. The lowest BCUT2D eigenvalue weighted by atomic mass is 10.1. The van der Waals surface area contributed by atoms with Gasteiger partial charge in [-0.1, -0.05) is 38.5 Å². The Morgan fingerprint density at radius 2 is 1.47 bits per heavy atom. The second-order valence-corrected chi connectivity index (χ2v) is 4.88. The van der Waals surface area contributed by atoms with Crippen molar-refractivity contribution < 1.29 is 24.9 Å². The highest BCUT2D eigenvalue weighted by atomic mass is 16.5. The molecule has 0 spiro atoms. The summed E-state index contributed by atoms with van der Waals surface area (Å²) in [5.74, 6) is -0.702. The first kappa shape index (κ1) is 18.4. The van der Waals surface area contributed by atoms with E-state index in [-0.39, 0.29) is 19.6 Å². The van der Waals surface area contributed by atoms with Crippen molar-refractivity contribution in [3.05, 3.63) is 0 Å². The molecule has 0 aliphatic carbocycles. The normalized spacial score (nSPS) is 12.5. The predicted molar refractivity (Wildman–Crippen MR) is 73.1 cm³/mol. The highest BCUT2D eigenvalue weighted by Crippen LogP contribution is 2.09. The van der Waals surface area contributed by atoms with Gasteiger partial charge in [-0.15, -0.1) is 0 Å². The van der Waals surface area contributed by atoms with Crippen LogP contribution in [0.15, 0.2) is 0 Å². The minimum Gasteiger partial charge on any atom is -0.481 e. The number of hydrogen-bond acceptors (Lipinski definition) is 4. The van der Waals surface area contributed by atoms with Gasteiger partial charge in [-0.2, -0.15) is 0 Å². The van der Waals surface area contributed by atoms with Gasteiger partial charge >= 0.3 is 5.97 Å². The van der Waals surface area contributed by atoms with E-state index in [9.17, 15) is 4.79 Å². The van der Waals surface area contributed by atoms with Crippen LogP contribution in [-0.4, -0.2) is 47.2 Å². The molecule has 0 aromatic heterocycles. The Labute approximate surface area is 115 Å². The van der Waals surface area contributed by atoms with Crippen molar-refractivity contribution >= 4 is 5.97 Å². The summed E-state index contributed by atoms with van der Waals surface area (Å²) in [6.07, 6.45) is 8.07. The Bertz CT molecular complexity index is 208. The largest absolute Gasteiger partial charge is 0.481 e. The van der Waals surface area contributed by atoms with E-state index in [1.165, 1.54) is 19.3 Å². The molecule has 0 aliphatic rings. The van der Waals surface area contributed by atoms with Gasteiger partial charge in [0.05, 0.1) is 13.2 Å². The van der Waals surface area contributed by atoms with Crippen LogP contribution < -0.4 is 0 Å². The predicted octanol–water partition coefficient (Wildman–Crippen LogP) is 1.95. The van der Waals surface area contributed by atoms with E-state index < -0.39 is 12.1 Å². The minimum absolute atomic E-state index is 0.208. The number of carboxylic acid groups (broad SMARTS) is 1. The summed E-state index contributed by atoms with van der Waals surface area (Å²) >= 11 is 0. The van der Waals surface area contributed by atoms with Crippen molar-refractivity contribution in [2.24, 2.45) is 0 Å². The molecule has 0 fully saturated rings. The number of hydrogen-bond donors (Lipinski definition) is 3. The summed E-state index contributed by atoms with van der Waals surface area (Å²) in [4.78, 5) is 10.3. The van der Waals surface area contributed by atoms with Crippen molar-refractivity contribution in [3.8, 4) is 0 Å². The molecule has 0 amide bonds. The number of carbonyl (C=O) groups is 1. The van der Waals surface area contributed by atoms with Gasteiger partial charge in [-0.25, -0.2) is 0 Å². The van der Waals surface area contributed by atoms with E-state index in [1.54, 1.807) is 0 Å². The summed E-state index contributed by atoms with van der Waals surface area (Å²) in [6.45, 7) is 0.595. The summed E-state index contributed by atoms with van der Waals surface area (Å²) < 4.78 is 5.20. The molecule has 19 heavy (non-hydrogen) atoms. The third-order valence-electron chi connectivity index (χ3n) is 2.95. The smallest absolute Gasteiger partial charge is 0.303 e. The Balaban J connectivity index is 3.01. The number of aliphatic hydroxyl groups excluding tert-OH is 2. The van der Waals surface area contributed by atoms with Crippen LogP contribution in [0.4, 0.5) is 0 Å². The molecule has 3 N–H and O–H groups in total. The fourth-order valence-electron chi connectivity index (χ4n) is 1.81. The molecule has 0 unspecified atom stereocenters. The topological polar surface area (TPSA) is 87.0 Å². The first-order chi connectivity index (χ1) is 9.16. The van der Waals surface area contributed by atoms with E-state index in [2.05, 4.69) is 0 Å². The first-order valence-electron chi connectivity index (χ1n) is 7.25. The molecule has 0 aromatic rings. The van der Waals surface area contributed by atoms with Crippen LogP contribution >= 0.6 is 0 Å². The summed E-state index contributed by atoms with van der Waals surface area (Å²) in [6, 6.07) is 0. The number of ether oxygens (including phenoxy) is 1. The molecule has 0 aromatic carbocycles. The molecule has 0 saturated heterocycles. The lowest BCUT2D eigenvalue weighted by molar-refractivity contribution is -0.137. The van der Waals surface area contributed by atoms with Crippen molar-refractivity contribution in [1.29, 1.82) is 0 Å². The van der Waals surface area contributed by atoms with Crippen LogP contribution in [0.3, 0.4) is 0 Å². The highest BCUT2D eigenvalue weighted by molar-refractivity contribution is 5.66. The SMILES string of the molecule is O=C(O)CCCCCCCCCCOC[C@H](O)CO. The van der Waals surface area contributed by atoms with E-state index in [1.807, 2.05) is 0 Å². The summed E-state index contributed by atoms with van der Waals surface area (Å²) in [5, 5.41) is 26.1. The summed E-state index contributed by atoms with van der Waals surface area (Å²) in [5.41, 5.74) is 0. The van der Waals surface area contributed by atoms with Gasteiger partial charge in [0, 0.05) is 13.0 Å². The van der Waals surface area contributed by atoms with Gasteiger partial charge in [0.15, 0.2) is 0 Å². The highest BCUT2D eigenvalue weighted by Gasteiger charge is 2.00. The Morgan fingerprint density at radius 3 is 2.00 bits per heavy atom. The zero-order valence-corrected chi connectivity index (χ0v) is 11.7. The van der Waals surface area contributed by atoms with E-state index in [4.69, 9.17) is 20.1 Å². The molecule has 0 aliphatic heterocycles. The molecule has 0 saturated carbocycles. The van der Waals surface area contributed by atoms with E-state index in [0.29, 0.717) is 6.61 Å². The molecule has 0 rings (SSSR count).